The van der Waals surface area contributed by atoms with Gasteiger partial charge in [0.15, 0.2) is 11.6 Å². The zero-order valence-corrected chi connectivity index (χ0v) is 7.86. The lowest BCUT2D eigenvalue weighted by Crippen LogP contribution is -2.17. The number of carbonyl (C=O) groups excluding carboxylic acids is 1. The molecule has 1 aromatic carbocycles. The van der Waals surface area contributed by atoms with Crippen molar-refractivity contribution in [1.82, 2.24) is 0 Å². The summed E-state index contributed by atoms with van der Waals surface area (Å²) in [6, 6.07) is 0.948. The molecule has 0 spiro atoms. The third kappa shape index (κ3) is 2.12. The number of hydrogen-bond donors (Lipinski definition) is 0. The van der Waals surface area contributed by atoms with Crippen LogP contribution in [0.4, 0.5) is 22.0 Å². The third-order valence-corrected chi connectivity index (χ3v) is 1.78. The minimum absolute atomic E-state index is 0.427. The van der Waals surface area contributed by atoms with Gasteiger partial charge >= 0.3 is 12.1 Å². The van der Waals surface area contributed by atoms with Gasteiger partial charge in [-0.1, -0.05) is 0 Å². The fourth-order valence-electron chi connectivity index (χ4n) is 1.11. The van der Waals surface area contributed by atoms with Crippen LogP contribution in [0.15, 0.2) is 12.1 Å². The van der Waals surface area contributed by atoms with Crippen LogP contribution >= 0.6 is 0 Å². The Hall–Kier alpha value is -1.66. The highest BCUT2D eigenvalue weighted by Crippen LogP contribution is 2.35. The van der Waals surface area contributed by atoms with Gasteiger partial charge in [-0.3, -0.25) is 0 Å². The van der Waals surface area contributed by atoms with Crippen molar-refractivity contribution in [2.75, 3.05) is 7.11 Å². The lowest BCUT2D eigenvalue weighted by molar-refractivity contribution is -0.140. The van der Waals surface area contributed by atoms with Crippen LogP contribution in [0, 0.1) is 11.6 Å². The SMILES string of the molecule is COC(=O)c1ccc(F)c(F)c1C(F)(F)F. The van der Waals surface area contributed by atoms with E-state index in [4.69, 9.17) is 0 Å². The number of rotatable bonds is 1. The maximum Gasteiger partial charge on any atom is 0.420 e. The van der Waals surface area contributed by atoms with Crippen molar-refractivity contribution in [3.63, 3.8) is 0 Å². The zero-order valence-electron chi connectivity index (χ0n) is 7.86. The van der Waals surface area contributed by atoms with E-state index in [0.29, 0.717) is 12.1 Å². The van der Waals surface area contributed by atoms with E-state index in [-0.39, 0.29) is 0 Å². The number of methoxy groups -OCH3 is 1. The van der Waals surface area contributed by atoms with E-state index in [1.807, 2.05) is 0 Å². The van der Waals surface area contributed by atoms with Crippen LogP contribution in [-0.4, -0.2) is 13.1 Å². The molecule has 0 heterocycles. The molecule has 0 fully saturated rings. The molecular weight excluding hydrogens is 235 g/mol. The van der Waals surface area contributed by atoms with Crippen LogP contribution in [-0.2, 0) is 10.9 Å². The predicted octanol–water partition coefficient (Wildman–Crippen LogP) is 2.77. The van der Waals surface area contributed by atoms with E-state index in [1.54, 1.807) is 0 Å². The molecule has 0 unspecified atom stereocenters. The predicted molar refractivity (Wildman–Crippen MR) is 42.7 cm³/mol. The van der Waals surface area contributed by atoms with E-state index < -0.39 is 34.9 Å². The first-order valence-corrected chi connectivity index (χ1v) is 3.92. The Balaban J connectivity index is 3.52. The van der Waals surface area contributed by atoms with Crippen molar-refractivity contribution in [3.05, 3.63) is 34.9 Å². The molecule has 0 radical (unpaired) electrons. The van der Waals surface area contributed by atoms with Gasteiger partial charge in [-0.05, 0) is 12.1 Å². The van der Waals surface area contributed by atoms with Gasteiger partial charge in [0.05, 0.1) is 12.7 Å². The topological polar surface area (TPSA) is 26.3 Å². The van der Waals surface area contributed by atoms with Gasteiger partial charge in [-0.15, -0.1) is 0 Å². The zero-order chi connectivity index (χ0) is 12.5. The normalized spacial score (nSPS) is 11.4. The van der Waals surface area contributed by atoms with Gasteiger partial charge in [0, 0.05) is 0 Å². The second-order valence-electron chi connectivity index (χ2n) is 2.77. The Morgan fingerprint density at radius 3 is 2.25 bits per heavy atom. The second kappa shape index (κ2) is 4.07. The van der Waals surface area contributed by atoms with Gasteiger partial charge in [0.2, 0.25) is 0 Å². The van der Waals surface area contributed by atoms with E-state index in [0.717, 1.165) is 7.11 Å². The minimum atomic E-state index is -5.17. The van der Waals surface area contributed by atoms with E-state index in [2.05, 4.69) is 4.74 Å². The average Bonchev–Trinajstić information content (AvgIpc) is 2.18. The van der Waals surface area contributed by atoms with Crippen LogP contribution in [0.3, 0.4) is 0 Å². The van der Waals surface area contributed by atoms with Gasteiger partial charge in [-0.2, -0.15) is 13.2 Å². The van der Waals surface area contributed by atoms with Gasteiger partial charge in [0.1, 0.15) is 5.56 Å². The molecule has 0 saturated heterocycles. The first-order valence-electron chi connectivity index (χ1n) is 3.92. The summed E-state index contributed by atoms with van der Waals surface area (Å²) in [6.45, 7) is 0. The molecule has 2 nitrogen and oxygen atoms in total. The van der Waals surface area contributed by atoms with Crippen LogP contribution < -0.4 is 0 Å². The summed E-state index contributed by atoms with van der Waals surface area (Å²) < 4.78 is 66.7. The van der Waals surface area contributed by atoms with Crippen molar-refractivity contribution in [2.24, 2.45) is 0 Å². The monoisotopic (exact) mass is 240 g/mol. The molecule has 1 rings (SSSR count). The highest BCUT2D eigenvalue weighted by atomic mass is 19.4. The molecule has 0 aromatic heterocycles. The van der Waals surface area contributed by atoms with Crippen molar-refractivity contribution in [1.29, 1.82) is 0 Å². The molecule has 0 N–H and O–H groups in total. The number of alkyl halides is 3. The summed E-state index contributed by atoms with van der Waals surface area (Å²) >= 11 is 0. The Bertz CT molecular complexity index is 425. The van der Waals surface area contributed by atoms with Gasteiger partial charge in [0.25, 0.3) is 0 Å². The summed E-state index contributed by atoms with van der Waals surface area (Å²) in [4.78, 5) is 10.9. The molecule has 16 heavy (non-hydrogen) atoms. The van der Waals surface area contributed by atoms with E-state index >= 15 is 0 Å². The van der Waals surface area contributed by atoms with Crippen LogP contribution in [0.2, 0.25) is 0 Å². The largest absolute Gasteiger partial charge is 0.465 e. The van der Waals surface area contributed by atoms with Crippen molar-refractivity contribution < 1.29 is 31.5 Å². The summed E-state index contributed by atoms with van der Waals surface area (Å²) in [6.07, 6.45) is -5.17. The smallest absolute Gasteiger partial charge is 0.420 e. The first-order chi connectivity index (χ1) is 7.29. The molecule has 88 valence electrons. The molecule has 0 saturated carbocycles. The van der Waals surface area contributed by atoms with E-state index in [1.165, 1.54) is 0 Å². The molecule has 0 aliphatic carbocycles. The number of halogens is 5. The van der Waals surface area contributed by atoms with Crippen LogP contribution in [0.25, 0.3) is 0 Å². The van der Waals surface area contributed by atoms with Crippen molar-refractivity contribution >= 4 is 5.97 Å². The molecule has 0 bridgehead atoms. The summed E-state index contributed by atoms with van der Waals surface area (Å²) in [7, 11) is 0.837. The summed E-state index contributed by atoms with van der Waals surface area (Å²) in [5.41, 5.74) is -3.02. The maximum absolute atomic E-state index is 13.0. The highest BCUT2D eigenvalue weighted by molar-refractivity contribution is 5.91. The Labute approximate surface area is 86.6 Å². The number of hydrogen-bond acceptors (Lipinski definition) is 2. The molecular formula is C9H5F5O2. The van der Waals surface area contributed by atoms with Gasteiger partial charge in [-0.25, -0.2) is 13.6 Å². The highest BCUT2D eigenvalue weighted by Gasteiger charge is 2.40. The second-order valence-corrected chi connectivity index (χ2v) is 2.77. The first kappa shape index (κ1) is 12.4. The van der Waals surface area contributed by atoms with E-state index in [9.17, 15) is 26.7 Å². The Morgan fingerprint density at radius 1 is 1.25 bits per heavy atom. The molecule has 0 aliphatic heterocycles. The van der Waals surface area contributed by atoms with Gasteiger partial charge < -0.3 is 4.74 Å². The fourth-order valence-corrected chi connectivity index (χ4v) is 1.11. The Morgan fingerprint density at radius 2 is 1.81 bits per heavy atom. The molecule has 7 heteroatoms. The minimum Gasteiger partial charge on any atom is -0.465 e. The maximum atomic E-state index is 13.0. The molecule has 0 aliphatic rings. The van der Waals surface area contributed by atoms with Crippen LogP contribution in [0.5, 0.6) is 0 Å². The number of ether oxygens (including phenoxy) is 1. The molecule has 0 amide bonds. The Kier molecular flexibility index (Phi) is 3.16. The lowest BCUT2D eigenvalue weighted by atomic mass is 10.1. The summed E-state index contributed by atoms with van der Waals surface area (Å²) in [5, 5.41) is 0. The summed E-state index contributed by atoms with van der Waals surface area (Å²) in [5.74, 6) is -5.18. The molecule has 0 atom stereocenters. The quantitative estimate of drug-likeness (QED) is 0.557. The number of carbonyl (C=O) groups is 1. The average molecular weight is 240 g/mol. The third-order valence-electron chi connectivity index (χ3n) is 1.78. The number of esters is 1. The fraction of sp³-hybridized carbons (Fsp3) is 0.222. The number of benzene rings is 1. The standard InChI is InChI=1S/C9H5F5O2/c1-16-8(15)4-2-3-5(10)7(11)6(4)9(12,13)14/h2-3H,1H3. The molecule has 1 aromatic rings. The van der Waals surface area contributed by atoms with Crippen LogP contribution in [0.1, 0.15) is 15.9 Å². The van der Waals surface area contributed by atoms with Crippen molar-refractivity contribution in [2.45, 2.75) is 6.18 Å². The van der Waals surface area contributed by atoms with Crippen molar-refractivity contribution in [3.8, 4) is 0 Å². The lowest BCUT2D eigenvalue weighted by Gasteiger charge is -2.12.